The van der Waals surface area contributed by atoms with Crippen LogP contribution in [-0.4, -0.2) is 15.6 Å². The number of hydrogen-bond acceptors (Lipinski definition) is 4. The van der Waals surface area contributed by atoms with Gasteiger partial charge in [-0.2, -0.15) is 0 Å². The van der Waals surface area contributed by atoms with Gasteiger partial charge >= 0.3 is 5.76 Å². The molecule has 0 spiro atoms. The fourth-order valence-corrected chi connectivity index (χ4v) is 2.45. The van der Waals surface area contributed by atoms with E-state index in [0.29, 0.717) is 16.8 Å². The highest BCUT2D eigenvalue weighted by molar-refractivity contribution is 5.95. The highest BCUT2D eigenvalue weighted by atomic mass is 16.4. The number of phenolic OH excluding ortho intramolecular Hbond substituents is 1. The zero-order valence-electron chi connectivity index (χ0n) is 12.7. The van der Waals surface area contributed by atoms with Crippen molar-refractivity contribution < 1.29 is 14.3 Å². The molecular formula is C17H16N2O4. The number of amides is 1. The summed E-state index contributed by atoms with van der Waals surface area (Å²) in [6.45, 7) is 3.44. The Morgan fingerprint density at radius 2 is 2.00 bits per heavy atom. The number of oxazole rings is 1. The number of hydrogen-bond donors (Lipinski definition) is 2. The predicted octanol–water partition coefficient (Wildman–Crippen LogP) is 2.81. The maximum atomic E-state index is 12.4. The topological polar surface area (TPSA) is 84.5 Å². The van der Waals surface area contributed by atoms with Crippen LogP contribution in [-0.2, 0) is 4.79 Å². The summed E-state index contributed by atoms with van der Waals surface area (Å²) in [7, 11) is 0. The molecule has 23 heavy (non-hydrogen) atoms. The lowest BCUT2D eigenvalue weighted by Crippen LogP contribution is -2.29. The first-order chi connectivity index (χ1) is 11.0. The summed E-state index contributed by atoms with van der Waals surface area (Å²) in [6.07, 6.45) is 0. The van der Waals surface area contributed by atoms with Gasteiger partial charge in [0.15, 0.2) is 5.58 Å². The minimum Gasteiger partial charge on any atom is -0.506 e. The van der Waals surface area contributed by atoms with Crippen LogP contribution in [0, 0.1) is 6.92 Å². The Bertz CT molecular complexity index is 939. The monoisotopic (exact) mass is 312 g/mol. The molecule has 6 heteroatoms. The zero-order chi connectivity index (χ0) is 16.6. The first-order valence-electron chi connectivity index (χ1n) is 7.18. The van der Waals surface area contributed by atoms with E-state index in [1.807, 2.05) is 6.92 Å². The Morgan fingerprint density at radius 3 is 2.74 bits per heavy atom. The number of anilines is 1. The number of aromatic hydroxyl groups is 1. The lowest BCUT2D eigenvalue weighted by molar-refractivity contribution is -0.118. The van der Waals surface area contributed by atoms with E-state index >= 15 is 0 Å². The molecule has 0 radical (unpaired) electrons. The summed E-state index contributed by atoms with van der Waals surface area (Å²) >= 11 is 0. The molecule has 1 amide bonds. The lowest BCUT2D eigenvalue weighted by Gasteiger charge is -2.14. The average molecular weight is 312 g/mol. The van der Waals surface area contributed by atoms with Crippen molar-refractivity contribution >= 4 is 22.7 Å². The van der Waals surface area contributed by atoms with E-state index < -0.39 is 17.7 Å². The van der Waals surface area contributed by atoms with Crippen molar-refractivity contribution in [2.45, 2.75) is 19.9 Å². The molecule has 1 heterocycles. The van der Waals surface area contributed by atoms with Crippen molar-refractivity contribution in [1.82, 2.24) is 4.57 Å². The van der Waals surface area contributed by atoms with Crippen LogP contribution in [0.3, 0.4) is 0 Å². The molecule has 1 unspecified atom stereocenters. The second kappa shape index (κ2) is 5.64. The Kier molecular flexibility index (Phi) is 3.65. The van der Waals surface area contributed by atoms with Crippen molar-refractivity contribution in [2.75, 3.05) is 5.32 Å². The number of carbonyl (C=O) groups is 1. The summed E-state index contributed by atoms with van der Waals surface area (Å²) in [6, 6.07) is 11.1. The summed E-state index contributed by atoms with van der Waals surface area (Å²) in [4.78, 5) is 24.4. The smallest absolute Gasteiger partial charge is 0.420 e. The van der Waals surface area contributed by atoms with Crippen LogP contribution in [0.5, 0.6) is 5.75 Å². The number of carbonyl (C=O) groups excluding carboxylic acids is 1. The Labute approximate surface area is 132 Å². The Hall–Kier alpha value is -3.02. The number of nitrogens with zero attached hydrogens (tertiary/aromatic N) is 1. The first-order valence-corrected chi connectivity index (χ1v) is 7.18. The second-order valence-electron chi connectivity index (χ2n) is 5.39. The van der Waals surface area contributed by atoms with Gasteiger partial charge in [0, 0.05) is 0 Å². The van der Waals surface area contributed by atoms with Crippen LogP contribution < -0.4 is 11.1 Å². The van der Waals surface area contributed by atoms with Crippen molar-refractivity contribution in [3.05, 3.63) is 58.6 Å². The summed E-state index contributed by atoms with van der Waals surface area (Å²) in [5.74, 6) is -1.03. The molecule has 2 aromatic carbocycles. The number of fused-ring (bicyclic) bond motifs is 1. The number of nitrogens with one attached hydrogen (secondary N) is 1. The molecule has 3 aromatic rings. The maximum Gasteiger partial charge on any atom is 0.420 e. The molecule has 0 aliphatic carbocycles. The fourth-order valence-electron chi connectivity index (χ4n) is 2.45. The highest BCUT2D eigenvalue weighted by Crippen LogP contribution is 2.25. The highest BCUT2D eigenvalue weighted by Gasteiger charge is 2.21. The predicted molar refractivity (Wildman–Crippen MR) is 86.7 cm³/mol. The Morgan fingerprint density at radius 1 is 1.26 bits per heavy atom. The molecule has 0 fully saturated rings. The van der Waals surface area contributed by atoms with Gasteiger partial charge < -0.3 is 14.8 Å². The summed E-state index contributed by atoms with van der Waals surface area (Å²) in [5, 5.41) is 12.5. The van der Waals surface area contributed by atoms with Crippen LogP contribution in [0.2, 0.25) is 0 Å². The fraction of sp³-hybridized carbons (Fsp3) is 0.176. The van der Waals surface area contributed by atoms with Gasteiger partial charge in [0.05, 0.1) is 11.2 Å². The van der Waals surface area contributed by atoms with E-state index in [4.69, 9.17) is 4.42 Å². The Balaban J connectivity index is 1.92. The van der Waals surface area contributed by atoms with Gasteiger partial charge in [-0.1, -0.05) is 18.2 Å². The van der Waals surface area contributed by atoms with Gasteiger partial charge in [-0.15, -0.1) is 0 Å². The van der Waals surface area contributed by atoms with Gasteiger partial charge in [0.25, 0.3) is 0 Å². The van der Waals surface area contributed by atoms with Crippen molar-refractivity contribution in [3.8, 4) is 5.75 Å². The van der Waals surface area contributed by atoms with Crippen LogP contribution in [0.4, 0.5) is 5.69 Å². The maximum absolute atomic E-state index is 12.4. The van der Waals surface area contributed by atoms with Crippen molar-refractivity contribution in [3.63, 3.8) is 0 Å². The molecule has 3 rings (SSSR count). The van der Waals surface area contributed by atoms with Crippen LogP contribution in [0.25, 0.3) is 11.1 Å². The van der Waals surface area contributed by atoms with E-state index in [-0.39, 0.29) is 5.75 Å². The first kappa shape index (κ1) is 14.9. The summed E-state index contributed by atoms with van der Waals surface area (Å²) in [5.41, 5.74) is 2.16. The number of para-hydroxylation sites is 2. The standard InChI is InChI=1S/C17H16N2O4/c1-10-7-8-12(14(20)9-10)18-16(21)11(2)19-13-5-3-4-6-15(13)23-17(19)22/h3-9,11,20H,1-2H3,(H,18,21). The number of aryl methyl sites for hydroxylation is 1. The molecule has 2 N–H and O–H groups in total. The van der Waals surface area contributed by atoms with E-state index in [1.165, 1.54) is 4.57 Å². The number of benzene rings is 2. The SMILES string of the molecule is Cc1ccc(NC(=O)C(C)n2c(=O)oc3ccccc32)c(O)c1. The molecule has 0 aliphatic heterocycles. The minimum absolute atomic E-state index is 0.0186. The molecule has 118 valence electrons. The third kappa shape index (κ3) is 2.70. The number of phenols is 1. The molecular weight excluding hydrogens is 296 g/mol. The zero-order valence-corrected chi connectivity index (χ0v) is 12.7. The molecule has 0 bridgehead atoms. The normalized spacial score (nSPS) is 12.3. The number of aromatic nitrogens is 1. The molecule has 0 saturated heterocycles. The van der Waals surface area contributed by atoms with Gasteiger partial charge in [-0.05, 0) is 43.7 Å². The molecule has 1 atom stereocenters. The quantitative estimate of drug-likeness (QED) is 0.728. The van der Waals surface area contributed by atoms with Gasteiger partial charge in [-0.3, -0.25) is 9.36 Å². The van der Waals surface area contributed by atoms with E-state index in [0.717, 1.165) is 5.56 Å². The minimum atomic E-state index is -0.785. The number of rotatable bonds is 3. The van der Waals surface area contributed by atoms with Crippen LogP contribution >= 0.6 is 0 Å². The lowest BCUT2D eigenvalue weighted by atomic mass is 10.2. The molecule has 1 aromatic heterocycles. The third-order valence-corrected chi connectivity index (χ3v) is 3.70. The molecule has 6 nitrogen and oxygen atoms in total. The van der Waals surface area contributed by atoms with Crippen molar-refractivity contribution in [1.29, 1.82) is 0 Å². The van der Waals surface area contributed by atoms with Crippen LogP contribution in [0.15, 0.2) is 51.7 Å². The van der Waals surface area contributed by atoms with E-state index in [1.54, 1.807) is 49.4 Å². The second-order valence-corrected chi connectivity index (χ2v) is 5.39. The summed E-state index contributed by atoms with van der Waals surface area (Å²) < 4.78 is 6.43. The van der Waals surface area contributed by atoms with Crippen LogP contribution in [0.1, 0.15) is 18.5 Å². The van der Waals surface area contributed by atoms with E-state index in [2.05, 4.69) is 5.32 Å². The average Bonchev–Trinajstić information content (AvgIpc) is 2.85. The molecule has 0 aliphatic rings. The van der Waals surface area contributed by atoms with E-state index in [9.17, 15) is 14.7 Å². The third-order valence-electron chi connectivity index (χ3n) is 3.70. The largest absolute Gasteiger partial charge is 0.506 e. The van der Waals surface area contributed by atoms with Crippen molar-refractivity contribution in [2.24, 2.45) is 0 Å². The van der Waals surface area contributed by atoms with Gasteiger partial charge in [-0.25, -0.2) is 4.79 Å². The molecule has 0 saturated carbocycles. The van der Waals surface area contributed by atoms with Gasteiger partial charge in [0.2, 0.25) is 5.91 Å². The van der Waals surface area contributed by atoms with Gasteiger partial charge in [0.1, 0.15) is 11.8 Å².